The summed E-state index contributed by atoms with van der Waals surface area (Å²) < 4.78 is 4.81. The summed E-state index contributed by atoms with van der Waals surface area (Å²) in [4.78, 5) is 15.0. The van der Waals surface area contributed by atoms with Gasteiger partial charge in [-0.2, -0.15) is 0 Å². The van der Waals surface area contributed by atoms with Crippen LogP contribution in [-0.2, 0) is 4.74 Å². The van der Waals surface area contributed by atoms with Crippen molar-refractivity contribution in [3.63, 3.8) is 0 Å². The number of carbonyl (C=O) groups excluding carboxylic acids is 1. The second-order valence-corrected chi connectivity index (χ2v) is 6.70. The fourth-order valence-corrected chi connectivity index (χ4v) is 3.77. The third-order valence-electron chi connectivity index (χ3n) is 3.54. The average Bonchev–Trinajstić information content (AvgIpc) is 2.79. The van der Waals surface area contributed by atoms with Crippen LogP contribution in [0.2, 0.25) is 0 Å². The Morgan fingerprint density at radius 3 is 2.95 bits per heavy atom. The molecule has 0 spiro atoms. The van der Waals surface area contributed by atoms with Crippen LogP contribution in [0.15, 0.2) is 6.07 Å². The molecule has 2 rings (SSSR count). The molecular weight excluding hydrogens is 292 g/mol. The van der Waals surface area contributed by atoms with Gasteiger partial charge in [0.25, 0.3) is 0 Å². The number of ether oxygens (including phenoxy) is 1. The van der Waals surface area contributed by atoms with Gasteiger partial charge in [0, 0.05) is 17.5 Å². The number of thiocarbonyl (C=S) groups is 1. The van der Waals surface area contributed by atoms with Gasteiger partial charge in [-0.15, -0.1) is 11.3 Å². The lowest BCUT2D eigenvalue weighted by Gasteiger charge is -2.35. The summed E-state index contributed by atoms with van der Waals surface area (Å²) in [5.41, 5.74) is 0.557. The second-order valence-electron chi connectivity index (χ2n) is 5.06. The number of hydrogen-bond donors (Lipinski definition) is 1. The van der Waals surface area contributed by atoms with Crippen molar-refractivity contribution >= 4 is 39.6 Å². The minimum Gasteiger partial charge on any atom is -0.465 e. The molecule has 1 aromatic rings. The van der Waals surface area contributed by atoms with Crippen molar-refractivity contribution in [1.29, 1.82) is 0 Å². The highest BCUT2D eigenvalue weighted by atomic mass is 32.1. The van der Waals surface area contributed by atoms with Gasteiger partial charge in [-0.3, -0.25) is 0 Å². The van der Waals surface area contributed by atoms with Crippen molar-refractivity contribution < 1.29 is 9.53 Å². The molecule has 0 radical (unpaired) electrons. The zero-order valence-corrected chi connectivity index (χ0v) is 13.7. The van der Waals surface area contributed by atoms with Crippen LogP contribution in [0.3, 0.4) is 0 Å². The number of esters is 1. The molecule has 0 aliphatic carbocycles. The lowest BCUT2D eigenvalue weighted by molar-refractivity contribution is 0.0602. The van der Waals surface area contributed by atoms with Gasteiger partial charge in [-0.1, -0.05) is 0 Å². The number of aryl methyl sites for hydroxylation is 1. The molecule has 4 nitrogen and oxygen atoms in total. The van der Waals surface area contributed by atoms with Crippen molar-refractivity contribution in [2.45, 2.75) is 39.2 Å². The van der Waals surface area contributed by atoms with E-state index in [0.29, 0.717) is 16.7 Å². The van der Waals surface area contributed by atoms with Gasteiger partial charge >= 0.3 is 5.97 Å². The Labute approximate surface area is 129 Å². The van der Waals surface area contributed by atoms with Crippen LogP contribution in [-0.4, -0.2) is 35.7 Å². The van der Waals surface area contributed by atoms with E-state index < -0.39 is 0 Å². The largest absolute Gasteiger partial charge is 0.465 e. The monoisotopic (exact) mass is 312 g/mol. The summed E-state index contributed by atoms with van der Waals surface area (Å²) in [6.45, 7) is 5.13. The third kappa shape index (κ3) is 3.30. The van der Waals surface area contributed by atoms with E-state index in [1.54, 1.807) is 0 Å². The van der Waals surface area contributed by atoms with E-state index in [1.807, 2.05) is 13.0 Å². The van der Waals surface area contributed by atoms with Gasteiger partial charge < -0.3 is 15.0 Å². The normalized spacial score (nSPS) is 18.8. The van der Waals surface area contributed by atoms with Gasteiger partial charge in [0.1, 0.15) is 5.00 Å². The Morgan fingerprint density at radius 1 is 1.55 bits per heavy atom. The number of methoxy groups -OCH3 is 1. The number of anilines is 1. The first kappa shape index (κ1) is 15.3. The summed E-state index contributed by atoms with van der Waals surface area (Å²) in [6.07, 6.45) is 3.58. The van der Waals surface area contributed by atoms with Gasteiger partial charge in [-0.25, -0.2) is 4.79 Å². The highest BCUT2D eigenvalue weighted by molar-refractivity contribution is 7.80. The zero-order valence-electron chi connectivity index (χ0n) is 12.1. The standard InChI is InChI=1S/C14H20N2O2S2/c1-9-6-4-5-7-16(9)14(19)15-12-11(13(17)18-3)8-10(2)20-12/h8-9H,4-7H2,1-3H3,(H,15,19)/t9-/m1/s1. The molecule has 1 aliphatic heterocycles. The lowest BCUT2D eigenvalue weighted by Crippen LogP contribution is -2.44. The molecule has 0 aromatic carbocycles. The van der Waals surface area contributed by atoms with Crippen LogP contribution in [0.25, 0.3) is 0 Å². The smallest absolute Gasteiger partial charge is 0.340 e. The first-order valence-corrected chi connectivity index (χ1v) is 8.01. The molecule has 0 amide bonds. The Kier molecular flexibility index (Phi) is 4.99. The van der Waals surface area contributed by atoms with E-state index in [-0.39, 0.29) is 5.97 Å². The van der Waals surface area contributed by atoms with E-state index in [2.05, 4.69) is 17.1 Å². The molecule has 0 bridgehead atoms. The Balaban J connectivity index is 2.13. The van der Waals surface area contributed by atoms with Crippen molar-refractivity contribution in [2.24, 2.45) is 0 Å². The number of hydrogen-bond acceptors (Lipinski definition) is 4. The summed E-state index contributed by atoms with van der Waals surface area (Å²) in [6, 6.07) is 2.28. The minimum absolute atomic E-state index is 0.327. The van der Waals surface area contributed by atoms with E-state index in [4.69, 9.17) is 17.0 Å². The summed E-state index contributed by atoms with van der Waals surface area (Å²) in [7, 11) is 1.39. The summed E-state index contributed by atoms with van der Waals surface area (Å²) >= 11 is 7.02. The fourth-order valence-electron chi connectivity index (χ4n) is 2.44. The molecule has 110 valence electrons. The maximum atomic E-state index is 11.8. The highest BCUT2D eigenvalue weighted by Crippen LogP contribution is 2.29. The quantitative estimate of drug-likeness (QED) is 0.669. The van der Waals surface area contributed by atoms with Crippen LogP contribution in [0.1, 0.15) is 41.4 Å². The van der Waals surface area contributed by atoms with Crippen LogP contribution in [0, 0.1) is 6.92 Å². The maximum absolute atomic E-state index is 11.8. The maximum Gasteiger partial charge on any atom is 0.340 e. The number of rotatable bonds is 2. The molecule has 0 unspecified atom stereocenters. The molecule has 0 saturated carbocycles. The minimum atomic E-state index is -0.327. The number of likely N-dealkylation sites (tertiary alicyclic amines) is 1. The highest BCUT2D eigenvalue weighted by Gasteiger charge is 2.23. The molecule has 1 saturated heterocycles. The van der Waals surface area contributed by atoms with Crippen LogP contribution in [0.5, 0.6) is 0 Å². The van der Waals surface area contributed by atoms with E-state index in [0.717, 1.165) is 22.8 Å². The molecule has 2 heterocycles. The average molecular weight is 312 g/mol. The first-order valence-electron chi connectivity index (χ1n) is 6.79. The van der Waals surface area contributed by atoms with Crippen LogP contribution < -0.4 is 5.32 Å². The first-order chi connectivity index (χ1) is 9.52. The molecule has 1 atom stereocenters. The lowest BCUT2D eigenvalue weighted by atomic mass is 10.0. The van der Waals surface area contributed by atoms with Crippen molar-refractivity contribution in [1.82, 2.24) is 4.90 Å². The molecule has 1 aromatic heterocycles. The Bertz CT molecular complexity index is 513. The van der Waals surface area contributed by atoms with E-state index >= 15 is 0 Å². The molecular formula is C14H20N2O2S2. The number of carbonyl (C=O) groups is 1. The van der Waals surface area contributed by atoms with Crippen molar-refractivity contribution in [3.8, 4) is 0 Å². The molecule has 1 aliphatic rings. The van der Waals surface area contributed by atoms with Gasteiger partial charge in [0.2, 0.25) is 0 Å². The molecule has 1 fully saturated rings. The predicted octanol–water partition coefficient (Wildman–Crippen LogP) is 3.41. The second kappa shape index (κ2) is 6.54. The predicted molar refractivity (Wildman–Crippen MR) is 86.6 cm³/mol. The SMILES string of the molecule is COC(=O)c1cc(C)sc1NC(=S)N1CCCC[C@H]1C. The third-order valence-corrected chi connectivity index (χ3v) is 4.85. The van der Waals surface area contributed by atoms with Gasteiger partial charge in [0.05, 0.1) is 12.7 Å². The number of thiophene rings is 1. The zero-order chi connectivity index (χ0) is 14.7. The molecule has 20 heavy (non-hydrogen) atoms. The Morgan fingerprint density at radius 2 is 2.30 bits per heavy atom. The van der Waals surface area contributed by atoms with Crippen molar-refractivity contribution in [3.05, 3.63) is 16.5 Å². The Hall–Kier alpha value is -1.14. The van der Waals surface area contributed by atoms with E-state index in [9.17, 15) is 4.79 Å². The van der Waals surface area contributed by atoms with E-state index in [1.165, 1.54) is 31.3 Å². The van der Waals surface area contributed by atoms with Gasteiger partial charge in [0.15, 0.2) is 5.11 Å². The topological polar surface area (TPSA) is 41.6 Å². The fraction of sp³-hybridized carbons (Fsp3) is 0.571. The van der Waals surface area contributed by atoms with Gasteiger partial charge in [-0.05, 0) is 51.4 Å². The number of piperidine rings is 1. The van der Waals surface area contributed by atoms with Crippen molar-refractivity contribution in [2.75, 3.05) is 19.0 Å². The molecule has 6 heteroatoms. The van der Waals surface area contributed by atoms with Crippen LogP contribution in [0.4, 0.5) is 5.00 Å². The number of nitrogens with one attached hydrogen (secondary N) is 1. The van der Waals surface area contributed by atoms with Crippen LogP contribution >= 0.6 is 23.6 Å². The summed E-state index contributed by atoms with van der Waals surface area (Å²) in [5, 5.41) is 4.70. The molecule has 1 N–H and O–H groups in total. The number of nitrogens with zero attached hydrogens (tertiary/aromatic N) is 1. The summed E-state index contributed by atoms with van der Waals surface area (Å²) in [5.74, 6) is -0.327.